The van der Waals surface area contributed by atoms with Gasteiger partial charge in [0.2, 0.25) is 5.88 Å². The van der Waals surface area contributed by atoms with Gasteiger partial charge >= 0.3 is 6.36 Å². The normalized spacial score (nSPS) is 11.9. The predicted octanol–water partition coefficient (Wildman–Crippen LogP) is 3.26. The summed E-state index contributed by atoms with van der Waals surface area (Å²) < 4.78 is 63.2. The summed E-state index contributed by atoms with van der Waals surface area (Å²) in [5.41, 5.74) is 3.99. The molecular formula is C7H4BrF5N2O. The average Bonchev–Trinajstić information content (AvgIpc) is 2.07. The lowest BCUT2D eigenvalue weighted by atomic mass is 10.3. The van der Waals surface area contributed by atoms with E-state index in [2.05, 4.69) is 25.7 Å². The van der Waals surface area contributed by atoms with Gasteiger partial charge in [0, 0.05) is 6.07 Å². The minimum Gasteiger partial charge on any atom is -0.398 e. The molecule has 0 aliphatic heterocycles. The van der Waals surface area contributed by atoms with E-state index < -0.39 is 24.4 Å². The molecule has 0 saturated heterocycles. The topological polar surface area (TPSA) is 48.1 Å². The van der Waals surface area contributed by atoms with E-state index in [-0.39, 0.29) is 10.2 Å². The molecular weight excluding hydrogens is 303 g/mol. The highest BCUT2D eigenvalue weighted by Crippen LogP contribution is 2.34. The number of nitrogens with two attached hydrogens (primary N) is 1. The van der Waals surface area contributed by atoms with Gasteiger partial charge in [0.25, 0.3) is 6.43 Å². The molecule has 0 aliphatic rings. The zero-order valence-electron chi connectivity index (χ0n) is 7.36. The van der Waals surface area contributed by atoms with Crippen LogP contribution in [-0.2, 0) is 0 Å². The summed E-state index contributed by atoms with van der Waals surface area (Å²) in [5, 5.41) is 0. The number of hydrogen-bond acceptors (Lipinski definition) is 3. The summed E-state index contributed by atoms with van der Waals surface area (Å²) in [5.74, 6) is -1.02. The van der Waals surface area contributed by atoms with Gasteiger partial charge in [-0.3, -0.25) is 0 Å². The summed E-state index contributed by atoms with van der Waals surface area (Å²) in [6, 6.07) is 0.698. The van der Waals surface area contributed by atoms with Crippen LogP contribution < -0.4 is 10.5 Å². The molecule has 0 bridgehead atoms. The fraction of sp³-hybridized carbons (Fsp3) is 0.286. The van der Waals surface area contributed by atoms with Gasteiger partial charge in [-0.1, -0.05) is 0 Å². The summed E-state index contributed by atoms with van der Waals surface area (Å²) in [4.78, 5) is 3.00. The van der Waals surface area contributed by atoms with Gasteiger partial charge in [-0.25, -0.2) is 13.8 Å². The van der Waals surface area contributed by atoms with Crippen LogP contribution in [0.3, 0.4) is 0 Å². The van der Waals surface area contributed by atoms with Crippen LogP contribution in [0.25, 0.3) is 0 Å². The second kappa shape index (κ2) is 4.40. The average molecular weight is 307 g/mol. The van der Waals surface area contributed by atoms with Gasteiger partial charge in [-0.05, 0) is 15.9 Å². The van der Waals surface area contributed by atoms with Crippen LogP contribution in [0.1, 0.15) is 12.1 Å². The van der Waals surface area contributed by atoms with Crippen molar-refractivity contribution in [1.82, 2.24) is 4.98 Å². The van der Waals surface area contributed by atoms with Crippen molar-refractivity contribution >= 4 is 21.6 Å². The first-order valence-corrected chi connectivity index (χ1v) is 4.50. The summed E-state index contributed by atoms with van der Waals surface area (Å²) in [6.45, 7) is 0. The Morgan fingerprint density at radius 1 is 1.38 bits per heavy atom. The SMILES string of the molecule is Nc1cc(OC(F)(F)F)nc(C(F)F)c1Br. The van der Waals surface area contributed by atoms with Crippen LogP contribution in [0.15, 0.2) is 10.5 Å². The van der Waals surface area contributed by atoms with Crippen LogP contribution in [0.2, 0.25) is 0 Å². The standard InChI is InChI=1S/C7H4BrF5N2O/c8-4-2(14)1-3(16-7(11,12)13)15-5(4)6(9)10/h1,6H,(H2,14,15). The van der Waals surface area contributed by atoms with Crippen molar-refractivity contribution in [2.45, 2.75) is 12.8 Å². The van der Waals surface area contributed by atoms with Crippen LogP contribution in [-0.4, -0.2) is 11.3 Å². The van der Waals surface area contributed by atoms with E-state index in [1.807, 2.05) is 0 Å². The summed E-state index contributed by atoms with van der Waals surface area (Å²) in [6.07, 6.45) is -8.07. The molecule has 0 radical (unpaired) electrons. The first-order valence-electron chi connectivity index (χ1n) is 3.70. The molecule has 0 aliphatic carbocycles. The van der Waals surface area contributed by atoms with Crippen molar-refractivity contribution in [3.8, 4) is 5.88 Å². The Balaban J connectivity index is 3.14. The number of halogens is 6. The summed E-state index contributed by atoms with van der Waals surface area (Å²) >= 11 is 2.69. The molecule has 0 amide bonds. The second-order valence-corrected chi connectivity index (χ2v) is 3.39. The van der Waals surface area contributed by atoms with E-state index in [0.717, 1.165) is 0 Å². The van der Waals surface area contributed by atoms with Gasteiger partial charge in [0.1, 0.15) is 5.69 Å². The molecule has 0 aromatic carbocycles. The number of aromatic nitrogens is 1. The fourth-order valence-corrected chi connectivity index (χ4v) is 1.24. The van der Waals surface area contributed by atoms with Gasteiger partial charge in [-0.15, -0.1) is 13.2 Å². The predicted molar refractivity (Wildman–Crippen MR) is 48.0 cm³/mol. The maximum Gasteiger partial charge on any atom is 0.574 e. The van der Waals surface area contributed by atoms with E-state index in [1.54, 1.807) is 0 Å². The van der Waals surface area contributed by atoms with E-state index in [0.29, 0.717) is 6.07 Å². The zero-order valence-corrected chi connectivity index (χ0v) is 8.94. The molecule has 1 heterocycles. The van der Waals surface area contributed by atoms with Gasteiger partial charge in [0.05, 0.1) is 10.2 Å². The van der Waals surface area contributed by atoms with E-state index in [1.165, 1.54) is 0 Å². The highest BCUT2D eigenvalue weighted by Gasteiger charge is 2.32. The number of hydrogen-bond donors (Lipinski definition) is 1. The monoisotopic (exact) mass is 306 g/mol. The molecule has 9 heteroatoms. The smallest absolute Gasteiger partial charge is 0.398 e. The molecule has 0 saturated carbocycles. The Labute approximate surface area is 94.5 Å². The van der Waals surface area contributed by atoms with Crippen LogP contribution in [0.5, 0.6) is 5.88 Å². The maximum atomic E-state index is 12.3. The lowest BCUT2D eigenvalue weighted by Crippen LogP contribution is -2.18. The number of rotatable bonds is 2. The molecule has 0 spiro atoms. The summed E-state index contributed by atoms with van der Waals surface area (Å²) in [7, 11) is 0. The van der Waals surface area contributed by atoms with Crippen molar-refractivity contribution in [1.29, 1.82) is 0 Å². The van der Waals surface area contributed by atoms with E-state index in [4.69, 9.17) is 5.73 Å². The van der Waals surface area contributed by atoms with E-state index in [9.17, 15) is 22.0 Å². The van der Waals surface area contributed by atoms with Crippen molar-refractivity contribution in [3.63, 3.8) is 0 Å². The first kappa shape index (κ1) is 12.9. The van der Waals surface area contributed by atoms with Crippen molar-refractivity contribution in [3.05, 3.63) is 16.2 Å². The Bertz CT molecular complexity index is 395. The third-order valence-electron chi connectivity index (χ3n) is 1.41. The molecule has 90 valence electrons. The Morgan fingerprint density at radius 3 is 2.38 bits per heavy atom. The second-order valence-electron chi connectivity index (χ2n) is 2.60. The van der Waals surface area contributed by atoms with Gasteiger partial charge < -0.3 is 10.5 Å². The molecule has 0 fully saturated rings. The minimum atomic E-state index is -5.01. The third-order valence-corrected chi connectivity index (χ3v) is 2.28. The molecule has 0 atom stereocenters. The number of nitrogens with zero attached hydrogens (tertiary/aromatic N) is 1. The van der Waals surface area contributed by atoms with Gasteiger partial charge in [0.15, 0.2) is 0 Å². The molecule has 1 aromatic heterocycles. The Morgan fingerprint density at radius 2 is 1.94 bits per heavy atom. The number of alkyl halides is 5. The molecule has 16 heavy (non-hydrogen) atoms. The Hall–Kier alpha value is -1.12. The quantitative estimate of drug-likeness (QED) is 0.853. The number of pyridine rings is 1. The van der Waals surface area contributed by atoms with Crippen molar-refractivity contribution in [2.75, 3.05) is 5.73 Å². The maximum absolute atomic E-state index is 12.3. The van der Waals surface area contributed by atoms with Gasteiger partial charge in [-0.2, -0.15) is 0 Å². The largest absolute Gasteiger partial charge is 0.574 e. The first-order chi connectivity index (χ1) is 7.20. The minimum absolute atomic E-state index is 0.253. The molecule has 1 rings (SSSR count). The fourth-order valence-electron chi connectivity index (χ4n) is 0.860. The molecule has 1 aromatic rings. The number of nitrogen functional groups attached to an aromatic ring is 1. The van der Waals surface area contributed by atoms with E-state index >= 15 is 0 Å². The Kier molecular flexibility index (Phi) is 3.56. The van der Waals surface area contributed by atoms with Crippen LogP contribution >= 0.6 is 15.9 Å². The van der Waals surface area contributed by atoms with Crippen LogP contribution in [0.4, 0.5) is 27.6 Å². The van der Waals surface area contributed by atoms with Crippen molar-refractivity contribution < 1.29 is 26.7 Å². The molecule has 3 nitrogen and oxygen atoms in total. The highest BCUT2D eigenvalue weighted by molar-refractivity contribution is 9.10. The number of anilines is 1. The van der Waals surface area contributed by atoms with Crippen molar-refractivity contribution in [2.24, 2.45) is 0 Å². The van der Waals surface area contributed by atoms with Crippen LogP contribution in [0, 0.1) is 0 Å². The molecule has 2 N–H and O–H groups in total. The lowest BCUT2D eigenvalue weighted by Gasteiger charge is -2.11. The zero-order chi connectivity index (χ0) is 12.5. The molecule has 0 unspecified atom stereocenters. The third kappa shape index (κ3) is 3.19. The highest BCUT2D eigenvalue weighted by atomic mass is 79.9. The lowest BCUT2D eigenvalue weighted by molar-refractivity contribution is -0.276. The number of ether oxygens (including phenoxy) is 1.